The molecule has 0 fully saturated rings. The fourth-order valence-corrected chi connectivity index (χ4v) is 4.85. The van der Waals surface area contributed by atoms with Crippen LogP contribution in [0.2, 0.25) is 0 Å². The van der Waals surface area contributed by atoms with Crippen LogP contribution in [0.3, 0.4) is 0 Å². The maximum absolute atomic E-state index is 10.3. The Hall–Kier alpha value is -2.00. The number of hydrogen-bond acceptors (Lipinski definition) is 6. The first-order valence-corrected chi connectivity index (χ1v) is 13.5. The lowest BCUT2D eigenvalue weighted by Crippen LogP contribution is -2.12. The van der Waals surface area contributed by atoms with Gasteiger partial charge in [0.2, 0.25) is 0 Å². The summed E-state index contributed by atoms with van der Waals surface area (Å²) in [7, 11) is 0. The first-order valence-electron chi connectivity index (χ1n) is 11.5. The van der Waals surface area contributed by atoms with Gasteiger partial charge < -0.3 is 20.4 Å². The zero-order chi connectivity index (χ0) is 25.0. The number of carboxylic acid groups (broad SMARTS) is 2. The van der Waals surface area contributed by atoms with Crippen molar-refractivity contribution in [3.8, 4) is 0 Å². The van der Waals surface area contributed by atoms with Crippen molar-refractivity contribution in [2.24, 2.45) is 0 Å². The number of carbonyl (C=O) groups is 2. The smallest absolute Gasteiger partial charge is 0.305 e. The summed E-state index contributed by atoms with van der Waals surface area (Å²) in [5.41, 5.74) is 0. The Morgan fingerprint density at radius 2 is 0.971 bits per heavy atom. The van der Waals surface area contributed by atoms with Gasteiger partial charge in [0.1, 0.15) is 0 Å². The maximum Gasteiger partial charge on any atom is 0.305 e. The minimum absolute atomic E-state index is 0.147. The predicted octanol–water partition coefficient (Wildman–Crippen LogP) is 5.57. The summed E-state index contributed by atoms with van der Waals surface area (Å²) in [5, 5.41) is 35.6. The summed E-state index contributed by atoms with van der Waals surface area (Å²) in [6, 6.07) is 20.3. The molecule has 0 aliphatic heterocycles. The number of thioether (sulfide) groups is 2. The highest BCUT2D eigenvalue weighted by molar-refractivity contribution is 7.99. The summed E-state index contributed by atoms with van der Waals surface area (Å²) in [6.07, 6.45) is 3.18. The van der Waals surface area contributed by atoms with E-state index in [2.05, 4.69) is 24.3 Å². The van der Waals surface area contributed by atoms with Crippen molar-refractivity contribution in [1.29, 1.82) is 0 Å². The van der Waals surface area contributed by atoms with Crippen molar-refractivity contribution in [1.82, 2.24) is 0 Å². The van der Waals surface area contributed by atoms with Crippen LogP contribution in [0.15, 0.2) is 70.5 Å². The molecule has 8 heteroatoms. The first-order chi connectivity index (χ1) is 16.4. The van der Waals surface area contributed by atoms with Gasteiger partial charge in [-0.15, -0.1) is 23.5 Å². The van der Waals surface area contributed by atoms with E-state index < -0.39 is 24.1 Å². The third-order valence-corrected chi connectivity index (χ3v) is 6.90. The number of aliphatic hydroxyl groups excluding tert-OH is 2. The van der Waals surface area contributed by atoms with Crippen molar-refractivity contribution in [2.45, 2.75) is 73.4 Å². The lowest BCUT2D eigenvalue weighted by atomic mass is 10.1. The summed E-state index contributed by atoms with van der Waals surface area (Å²) in [6.45, 7) is 0. The van der Waals surface area contributed by atoms with Crippen LogP contribution in [0.5, 0.6) is 0 Å². The fourth-order valence-electron chi connectivity index (χ4n) is 2.98. The topological polar surface area (TPSA) is 115 Å². The van der Waals surface area contributed by atoms with Gasteiger partial charge in [-0.1, -0.05) is 49.2 Å². The van der Waals surface area contributed by atoms with E-state index in [0.717, 1.165) is 37.2 Å². The lowest BCUT2D eigenvalue weighted by Gasteiger charge is -2.07. The Morgan fingerprint density at radius 1 is 0.618 bits per heavy atom. The minimum Gasteiger partial charge on any atom is -0.481 e. The van der Waals surface area contributed by atoms with Crippen LogP contribution < -0.4 is 0 Å². The third kappa shape index (κ3) is 17.5. The van der Waals surface area contributed by atoms with Crippen LogP contribution in [-0.2, 0) is 9.59 Å². The molecule has 0 amide bonds. The van der Waals surface area contributed by atoms with Gasteiger partial charge in [0, 0.05) is 9.79 Å². The van der Waals surface area contributed by atoms with Gasteiger partial charge in [0.05, 0.1) is 25.0 Å². The van der Waals surface area contributed by atoms with Crippen molar-refractivity contribution in [3.63, 3.8) is 0 Å². The monoisotopic (exact) mass is 508 g/mol. The number of benzene rings is 2. The van der Waals surface area contributed by atoms with Crippen molar-refractivity contribution in [3.05, 3.63) is 60.7 Å². The number of rotatable bonds is 16. The molecule has 0 saturated heterocycles. The van der Waals surface area contributed by atoms with Gasteiger partial charge in [0.25, 0.3) is 0 Å². The second kappa shape index (κ2) is 19.3. The molecule has 2 unspecified atom stereocenters. The molecule has 0 heterocycles. The van der Waals surface area contributed by atoms with E-state index >= 15 is 0 Å². The standard InChI is InChI=1S/2C13H18O3S/c2*14-11(10-13(15)16)6-4-5-9-17-12-7-2-1-3-8-12/h2*1-3,7-8,11,14H,4-6,9-10H2,(H,15,16). The zero-order valence-corrected chi connectivity index (χ0v) is 21.1. The van der Waals surface area contributed by atoms with Crippen LogP contribution in [0.4, 0.5) is 0 Å². The Labute approximate surface area is 210 Å². The normalized spacial score (nSPS) is 12.3. The number of carboxylic acids is 2. The van der Waals surface area contributed by atoms with E-state index in [0.29, 0.717) is 12.8 Å². The van der Waals surface area contributed by atoms with E-state index in [-0.39, 0.29) is 12.8 Å². The molecule has 2 aromatic rings. The predicted molar refractivity (Wildman–Crippen MR) is 139 cm³/mol. The van der Waals surface area contributed by atoms with Crippen LogP contribution in [-0.4, -0.2) is 56.1 Å². The number of unbranched alkanes of at least 4 members (excludes halogenated alkanes) is 2. The summed E-state index contributed by atoms with van der Waals surface area (Å²) >= 11 is 3.58. The summed E-state index contributed by atoms with van der Waals surface area (Å²) in [5.74, 6) is 0.139. The highest BCUT2D eigenvalue weighted by Crippen LogP contribution is 2.20. The summed E-state index contributed by atoms with van der Waals surface area (Å²) in [4.78, 5) is 23.1. The molecule has 6 nitrogen and oxygen atoms in total. The van der Waals surface area contributed by atoms with Gasteiger partial charge in [-0.05, 0) is 61.5 Å². The van der Waals surface area contributed by atoms with E-state index in [1.165, 1.54) is 9.79 Å². The molecule has 2 atom stereocenters. The SMILES string of the molecule is O=C(O)CC(O)CCCCSc1ccccc1.O=C(O)CC(O)CCCCSc1ccccc1. The Bertz CT molecular complexity index is 721. The Balaban J connectivity index is 0.000000340. The van der Waals surface area contributed by atoms with Crippen LogP contribution in [0, 0.1) is 0 Å². The van der Waals surface area contributed by atoms with Crippen molar-refractivity contribution < 1.29 is 30.0 Å². The molecule has 0 aliphatic carbocycles. The van der Waals surface area contributed by atoms with E-state index in [1.54, 1.807) is 23.5 Å². The maximum atomic E-state index is 10.3. The Kier molecular flexibility index (Phi) is 17.1. The van der Waals surface area contributed by atoms with Crippen molar-refractivity contribution >= 4 is 35.5 Å². The molecule has 34 heavy (non-hydrogen) atoms. The van der Waals surface area contributed by atoms with Crippen LogP contribution in [0.1, 0.15) is 51.4 Å². The van der Waals surface area contributed by atoms with Gasteiger partial charge >= 0.3 is 11.9 Å². The molecule has 0 bridgehead atoms. The van der Waals surface area contributed by atoms with Crippen LogP contribution >= 0.6 is 23.5 Å². The average molecular weight is 509 g/mol. The van der Waals surface area contributed by atoms with Gasteiger partial charge in [0.15, 0.2) is 0 Å². The van der Waals surface area contributed by atoms with E-state index in [1.807, 2.05) is 36.4 Å². The second-order valence-corrected chi connectivity index (χ2v) is 10.2. The zero-order valence-electron chi connectivity index (χ0n) is 19.4. The second-order valence-electron chi connectivity index (χ2n) is 7.82. The molecule has 0 radical (unpaired) electrons. The highest BCUT2D eigenvalue weighted by atomic mass is 32.2. The summed E-state index contributed by atoms with van der Waals surface area (Å²) < 4.78 is 0. The number of aliphatic hydroxyl groups is 2. The Morgan fingerprint density at radius 3 is 1.29 bits per heavy atom. The van der Waals surface area contributed by atoms with E-state index in [9.17, 15) is 19.8 Å². The molecule has 2 rings (SSSR count). The fraction of sp³-hybridized carbons (Fsp3) is 0.462. The van der Waals surface area contributed by atoms with Gasteiger partial charge in [-0.25, -0.2) is 0 Å². The quantitative estimate of drug-likeness (QED) is 0.172. The molecular formula is C26H36O6S2. The largest absolute Gasteiger partial charge is 0.481 e. The highest BCUT2D eigenvalue weighted by Gasteiger charge is 2.09. The molecule has 0 saturated carbocycles. The van der Waals surface area contributed by atoms with Gasteiger partial charge in [-0.2, -0.15) is 0 Å². The molecular weight excluding hydrogens is 472 g/mol. The molecule has 4 N–H and O–H groups in total. The molecule has 0 aromatic heterocycles. The molecule has 0 spiro atoms. The third-order valence-electron chi connectivity index (χ3n) is 4.71. The molecule has 2 aromatic carbocycles. The molecule has 188 valence electrons. The lowest BCUT2D eigenvalue weighted by molar-refractivity contribution is -0.140. The minimum atomic E-state index is -0.934. The van der Waals surface area contributed by atoms with Crippen LogP contribution in [0.25, 0.3) is 0 Å². The van der Waals surface area contributed by atoms with Gasteiger partial charge in [-0.3, -0.25) is 9.59 Å². The first kappa shape index (κ1) is 30.0. The number of aliphatic carboxylic acids is 2. The average Bonchev–Trinajstić information content (AvgIpc) is 2.79. The van der Waals surface area contributed by atoms with Crippen molar-refractivity contribution in [2.75, 3.05) is 11.5 Å². The molecule has 0 aliphatic rings. The number of hydrogen-bond donors (Lipinski definition) is 4. The van der Waals surface area contributed by atoms with E-state index in [4.69, 9.17) is 10.2 Å².